The number of ether oxygens (including phenoxy) is 5. The molecule has 18 nitrogen and oxygen atoms in total. The summed E-state index contributed by atoms with van der Waals surface area (Å²) in [6.45, 7) is 34.3. The number of terminal acetylenes is 1. The van der Waals surface area contributed by atoms with Gasteiger partial charge in [0, 0.05) is 88.8 Å². The number of unbranched alkanes of at least 4 members (excludes halogenated alkanes) is 10. The third kappa shape index (κ3) is 113. The van der Waals surface area contributed by atoms with E-state index in [-0.39, 0.29) is 54.2 Å². The van der Waals surface area contributed by atoms with Crippen LogP contribution in [0, 0.1) is 88.6 Å². The molecule has 616 valence electrons. The highest BCUT2D eigenvalue weighted by molar-refractivity contribution is 9.11. The minimum Gasteiger partial charge on any atom is -0.469 e. The molecule has 0 aliphatic heterocycles. The standard InChI is InChI=1S/C20H30O2Si.C14H28O2Si2.C12H16O3.C11H15BrO2.C11H16O3.C8H12O2.C6H15O3P.C3H5BrO/c1-19(16-14-18-23(3,4)5)15-12-10-8-6-7-9-11-13-17-20(21)22-2;1-14(2,3)18(7,8)16-13(12-15)10-9-11-17(4,5)6;1-15-12(14)10-8-6-4-2-3-5-7-9-11-13;2*1-14-11(13)9-7-5-3-2-4-6-8-10-12;1-3-4-5-6-7-8(9)10-2;1-4-7-10(8-5-2)9-6-3;4-2-1-3-5/h8,10,12,15,19H,9,11,13,16-17H2,1-5H3;12-13H,10H2,1-8H3;5,7,11H,4,6,8-10H2,1H3;6,8H,3,5,7,9-10H2,1H3;6,8,12H,3,5,7,9-10H2,1H3;1H,4-7H2,2H3;4-6H2,1-3H3;1-2,5H,3H2/b10-8+,15-12?;;7-5+;2*8-6+;;;2-1+/t19-;13-;;;;;;/m01....../s1. The second-order valence-electron chi connectivity index (χ2n) is 26.2. The third-order valence-corrected chi connectivity index (χ3v) is 21.5. The average molecular weight is 1720 g/mol. The molecule has 0 aromatic heterocycles. The largest absolute Gasteiger partial charge is 0.469 e. The summed E-state index contributed by atoms with van der Waals surface area (Å²) in [6, 6.07) is 0. The molecule has 109 heavy (non-hydrogen) atoms. The summed E-state index contributed by atoms with van der Waals surface area (Å²) < 4.78 is 44.0. The highest BCUT2D eigenvalue weighted by atomic mass is 79.9. The van der Waals surface area contributed by atoms with Gasteiger partial charge >= 0.3 is 38.4 Å². The Bertz CT molecular complexity index is 2870. The summed E-state index contributed by atoms with van der Waals surface area (Å²) in [5, 5.41) is 17.3. The fourth-order valence-corrected chi connectivity index (χ4v) is 10.0. The van der Waals surface area contributed by atoms with Crippen LogP contribution in [0.5, 0.6) is 0 Å². The second-order valence-corrected chi connectivity index (χ2v) is 42.8. The van der Waals surface area contributed by atoms with Crippen LogP contribution in [0.3, 0.4) is 0 Å². The van der Waals surface area contributed by atoms with Crippen molar-refractivity contribution >= 4 is 107 Å². The van der Waals surface area contributed by atoms with Crippen LogP contribution in [0.25, 0.3) is 0 Å². The van der Waals surface area contributed by atoms with Gasteiger partial charge in [-0.2, -0.15) is 0 Å². The first kappa shape index (κ1) is 119. The zero-order valence-electron chi connectivity index (χ0n) is 70.0. The maximum Gasteiger partial charge on any atom is 0.332 e. The van der Waals surface area contributed by atoms with Gasteiger partial charge in [0.1, 0.15) is 34.8 Å². The van der Waals surface area contributed by atoms with Gasteiger partial charge in [-0.3, -0.25) is 24.0 Å². The fraction of sp³-hybridized carbons (Fsp3) is 0.612. The molecule has 0 aromatic carbocycles. The number of aldehydes is 2. The first-order valence-electron chi connectivity index (χ1n) is 37.0. The van der Waals surface area contributed by atoms with Crippen LogP contribution in [0.4, 0.5) is 0 Å². The molecular formula is C85H137Br2O18PSi3. The molecule has 0 heterocycles. The van der Waals surface area contributed by atoms with Gasteiger partial charge in [-0.15, -0.1) is 35.3 Å². The number of halogens is 2. The number of allylic oxidation sites excluding steroid dienone is 9. The lowest BCUT2D eigenvalue weighted by Crippen LogP contribution is -2.44. The van der Waals surface area contributed by atoms with Crippen molar-refractivity contribution in [3.05, 3.63) is 71.8 Å². The molecule has 0 radical (unpaired) electrons. The molecule has 0 aromatic rings. The van der Waals surface area contributed by atoms with Gasteiger partial charge < -0.3 is 61.5 Å². The van der Waals surface area contributed by atoms with Crippen molar-refractivity contribution in [2.24, 2.45) is 5.92 Å². The minimum absolute atomic E-state index is 0.0248. The number of methoxy groups -OCH3 is 5. The van der Waals surface area contributed by atoms with E-state index in [1.807, 2.05) is 51.2 Å². The molecule has 0 rings (SSSR count). The Kier molecular flexibility index (Phi) is 98.7. The SMILES string of the molecule is C#CCCCCC(=O)OC.CC(C)(C)[Si](C)(C)O[C@@H](C=O)CC#C[Si](C)(C)C.CCOP(OCC)OCC.COC(=O)CCCCC#C/C=C/C=C[C@H](C)CC#C[Si](C)(C)C.COC(=O)CCCCC#C/C=C/CBr.COC(=O)CCCCC#C/C=C/CC=O.COC(=O)CCCCC#C/C=C/CO.OC/C=C/Br. The van der Waals surface area contributed by atoms with E-state index < -0.39 is 33.1 Å². The van der Waals surface area contributed by atoms with Crippen LogP contribution < -0.4 is 0 Å². The Labute approximate surface area is 682 Å². The van der Waals surface area contributed by atoms with Crippen molar-refractivity contribution in [1.82, 2.24) is 0 Å². The molecule has 0 saturated heterocycles. The van der Waals surface area contributed by atoms with E-state index in [0.29, 0.717) is 70.7 Å². The van der Waals surface area contributed by atoms with Crippen LogP contribution >= 0.6 is 40.5 Å². The fourth-order valence-electron chi connectivity index (χ4n) is 6.32. The van der Waals surface area contributed by atoms with Crippen molar-refractivity contribution in [3.63, 3.8) is 0 Å². The van der Waals surface area contributed by atoms with Crippen LogP contribution in [0.15, 0.2) is 71.8 Å². The maximum atomic E-state index is 11.1. The van der Waals surface area contributed by atoms with Gasteiger partial charge in [0.2, 0.25) is 0 Å². The van der Waals surface area contributed by atoms with E-state index >= 15 is 0 Å². The van der Waals surface area contributed by atoms with Crippen LogP contribution in [-0.2, 0) is 75.2 Å². The molecule has 2 atom stereocenters. The third-order valence-electron chi connectivity index (χ3n) is 12.9. The monoisotopic (exact) mass is 1720 g/mol. The van der Waals surface area contributed by atoms with Crippen molar-refractivity contribution in [1.29, 1.82) is 0 Å². The lowest BCUT2D eigenvalue weighted by atomic mass is 10.1. The van der Waals surface area contributed by atoms with Gasteiger partial charge in [-0.05, 0) is 138 Å². The maximum absolute atomic E-state index is 11.1. The number of aliphatic hydroxyl groups excluding tert-OH is 2. The minimum atomic E-state index is -1.87. The van der Waals surface area contributed by atoms with E-state index in [4.69, 9.17) is 34.6 Å². The average Bonchev–Trinajstić information content (AvgIpc) is 0.834. The summed E-state index contributed by atoms with van der Waals surface area (Å²) in [5.74, 6) is 32.0. The van der Waals surface area contributed by atoms with E-state index in [9.17, 15) is 33.6 Å². The summed E-state index contributed by atoms with van der Waals surface area (Å²) in [4.78, 5) is 76.2. The second kappa shape index (κ2) is 90.7. The molecule has 0 unspecified atom stereocenters. The molecule has 0 bridgehead atoms. The first-order valence-corrected chi connectivity index (χ1v) is 50.1. The molecule has 2 N–H and O–H groups in total. The van der Waals surface area contributed by atoms with Crippen molar-refractivity contribution in [2.45, 2.75) is 260 Å². The number of carbonyl (C=O) groups is 7. The molecule has 0 saturated carbocycles. The van der Waals surface area contributed by atoms with E-state index in [0.717, 1.165) is 121 Å². The van der Waals surface area contributed by atoms with Crippen molar-refractivity contribution < 1.29 is 85.5 Å². The highest BCUT2D eigenvalue weighted by Crippen LogP contribution is 2.39. The Morgan fingerprint density at radius 3 is 1.14 bits per heavy atom. The lowest BCUT2D eigenvalue weighted by molar-refractivity contribution is -0.141. The number of carbonyl (C=O) groups excluding carboxylic acids is 7. The number of rotatable bonds is 38. The van der Waals surface area contributed by atoms with E-state index in [1.54, 1.807) is 35.4 Å². The molecule has 0 aliphatic rings. The van der Waals surface area contributed by atoms with Gasteiger partial charge in [0.25, 0.3) is 0 Å². The first-order chi connectivity index (χ1) is 51.7. The Hall–Kier alpha value is -6.15. The molecule has 0 amide bonds. The number of alkyl halides is 1. The molecule has 24 heteroatoms. The highest BCUT2D eigenvalue weighted by Gasteiger charge is 2.39. The molecule has 0 spiro atoms. The van der Waals surface area contributed by atoms with Crippen LogP contribution in [0.1, 0.15) is 196 Å². The Balaban J connectivity index is -0.000000183. The van der Waals surface area contributed by atoms with Gasteiger partial charge in [0.15, 0.2) is 8.32 Å². The molecular weight excluding hydrogens is 1580 g/mol. The van der Waals surface area contributed by atoms with Crippen LogP contribution in [0.2, 0.25) is 57.4 Å². The summed E-state index contributed by atoms with van der Waals surface area (Å²) in [6.07, 6.45) is 43.2. The number of esters is 5. The molecule has 0 fully saturated rings. The van der Waals surface area contributed by atoms with E-state index in [2.05, 4.69) is 218 Å². The summed E-state index contributed by atoms with van der Waals surface area (Å²) >= 11 is 6.23. The van der Waals surface area contributed by atoms with Crippen LogP contribution in [-0.4, -0.2) is 157 Å². The quantitative estimate of drug-likeness (QED) is 0.00672. The smallest absolute Gasteiger partial charge is 0.332 e. The number of hydrogen-bond donors (Lipinski definition) is 2. The predicted molar refractivity (Wildman–Crippen MR) is 465 cm³/mol. The topological polar surface area (TPSA) is 243 Å². The Morgan fingerprint density at radius 2 is 0.844 bits per heavy atom. The van der Waals surface area contributed by atoms with E-state index in [1.165, 1.54) is 35.5 Å². The normalized spacial score (nSPS) is 11.0. The summed E-state index contributed by atoms with van der Waals surface area (Å²) in [5.41, 5.74) is 6.66. The zero-order chi connectivity index (χ0) is 84.6. The van der Waals surface area contributed by atoms with Crippen molar-refractivity contribution in [2.75, 3.05) is 73.9 Å². The van der Waals surface area contributed by atoms with Crippen molar-refractivity contribution in [3.8, 4) is 82.6 Å². The molecule has 0 aliphatic carbocycles. The predicted octanol–water partition coefficient (Wildman–Crippen LogP) is 19.0. The summed E-state index contributed by atoms with van der Waals surface area (Å²) in [7, 11) is 1.47. The number of aliphatic hydroxyl groups is 2. The van der Waals surface area contributed by atoms with Gasteiger partial charge in [-0.25, -0.2) is 0 Å². The van der Waals surface area contributed by atoms with Gasteiger partial charge in [0.05, 0.1) is 68.6 Å². The zero-order valence-corrected chi connectivity index (χ0v) is 77.0. The lowest BCUT2D eigenvalue weighted by Gasteiger charge is -2.37. The number of hydrogen-bond acceptors (Lipinski definition) is 18. The Morgan fingerprint density at radius 1 is 0.495 bits per heavy atom. The van der Waals surface area contributed by atoms with Gasteiger partial charge in [-0.1, -0.05) is 189 Å².